The molecule has 1 saturated heterocycles. The maximum atomic E-state index is 13.0. The summed E-state index contributed by atoms with van der Waals surface area (Å²) in [6, 6.07) is 11.3. The van der Waals surface area contributed by atoms with Gasteiger partial charge >= 0.3 is 0 Å². The summed E-state index contributed by atoms with van der Waals surface area (Å²) in [5, 5.41) is 9.91. The molecule has 8 heteroatoms. The molecule has 2 aliphatic heterocycles. The number of hydrogen-bond donors (Lipinski definition) is 1. The number of rotatable bonds is 7. The summed E-state index contributed by atoms with van der Waals surface area (Å²) in [5.74, 6) is -0.430. The molecule has 3 amide bonds. The first-order valence-electron chi connectivity index (χ1n) is 11.1. The number of carbonyl (C=O) groups excluding carboxylic acids is 3. The lowest BCUT2D eigenvalue weighted by Gasteiger charge is -2.29. The molecule has 0 spiro atoms. The van der Waals surface area contributed by atoms with Gasteiger partial charge in [-0.05, 0) is 66.4 Å². The van der Waals surface area contributed by atoms with Crippen molar-refractivity contribution in [3.8, 4) is 11.5 Å². The average Bonchev–Trinajstić information content (AvgIpc) is 3.09. The van der Waals surface area contributed by atoms with Gasteiger partial charge in [-0.1, -0.05) is 30.3 Å². The van der Waals surface area contributed by atoms with Crippen molar-refractivity contribution in [1.82, 2.24) is 9.80 Å². The highest BCUT2D eigenvalue weighted by atomic mass is 32.2. The molecule has 4 rings (SSSR count). The van der Waals surface area contributed by atoms with Crippen LogP contribution in [0.2, 0.25) is 0 Å². The van der Waals surface area contributed by atoms with Crippen molar-refractivity contribution in [2.75, 3.05) is 19.7 Å². The van der Waals surface area contributed by atoms with E-state index in [9.17, 15) is 19.5 Å². The molecule has 1 N–H and O–H groups in total. The highest BCUT2D eigenvalue weighted by Gasteiger charge is 2.37. The third-order valence-electron chi connectivity index (χ3n) is 5.79. The number of carbonyl (C=O) groups is 3. The fourth-order valence-corrected chi connectivity index (χ4v) is 4.92. The first kappa shape index (κ1) is 23.6. The quantitative estimate of drug-likeness (QED) is 0.475. The maximum Gasteiger partial charge on any atom is 0.294 e. The van der Waals surface area contributed by atoms with Crippen LogP contribution in [0.1, 0.15) is 29.2 Å². The van der Waals surface area contributed by atoms with Gasteiger partial charge in [0, 0.05) is 18.7 Å². The average molecular weight is 479 g/mol. The molecule has 2 aliphatic rings. The maximum absolute atomic E-state index is 13.0. The van der Waals surface area contributed by atoms with E-state index in [0.717, 1.165) is 28.6 Å². The van der Waals surface area contributed by atoms with E-state index in [4.69, 9.17) is 4.74 Å². The standard InChI is InChI=1S/C26H26N2O5S/c1-3-7-19-12-17(13-21(24(19)30)33-4-2)14-22-25(31)28(26(32)34-22)16-23(29)27-11-10-18-8-5-6-9-20(18)15-27/h3,5-6,8-9,12-14,30H,1,4,7,10-11,15-16H2,2H3/b22-14-. The second-order valence-corrected chi connectivity index (χ2v) is 9.05. The van der Waals surface area contributed by atoms with Gasteiger partial charge in [0.2, 0.25) is 5.91 Å². The van der Waals surface area contributed by atoms with Gasteiger partial charge in [-0.3, -0.25) is 19.3 Å². The second-order valence-electron chi connectivity index (χ2n) is 8.05. The molecule has 7 nitrogen and oxygen atoms in total. The number of allylic oxidation sites excluding steroid dienone is 1. The first-order valence-corrected chi connectivity index (χ1v) is 11.9. The van der Waals surface area contributed by atoms with Gasteiger partial charge in [0.05, 0.1) is 11.5 Å². The number of phenolic OH excluding ortho intramolecular Hbond substituents is 1. The Morgan fingerprint density at radius 1 is 1.24 bits per heavy atom. The van der Waals surface area contributed by atoms with Gasteiger partial charge in [-0.15, -0.1) is 6.58 Å². The lowest BCUT2D eigenvalue weighted by Crippen LogP contribution is -2.44. The first-order chi connectivity index (χ1) is 16.4. The number of imide groups is 1. The number of benzene rings is 2. The number of aromatic hydroxyl groups is 1. The summed E-state index contributed by atoms with van der Waals surface area (Å²) < 4.78 is 5.51. The van der Waals surface area contributed by atoms with Gasteiger partial charge in [0.1, 0.15) is 6.54 Å². The minimum atomic E-state index is -0.503. The molecule has 0 radical (unpaired) electrons. The summed E-state index contributed by atoms with van der Waals surface area (Å²) in [6.45, 7) is 6.62. The molecule has 2 heterocycles. The van der Waals surface area contributed by atoms with Crippen LogP contribution in [0.3, 0.4) is 0 Å². The molecule has 0 aliphatic carbocycles. The fourth-order valence-electron chi connectivity index (χ4n) is 4.08. The Kier molecular flexibility index (Phi) is 7.07. The third kappa shape index (κ3) is 4.87. The molecule has 176 valence electrons. The zero-order valence-electron chi connectivity index (χ0n) is 19.0. The molecule has 2 aromatic carbocycles. The highest BCUT2D eigenvalue weighted by molar-refractivity contribution is 8.18. The zero-order chi connectivity index (χ0) is 24.2. The van der Waals surface area contributed by atoms with Crippen LogP contribution in [0.15, 0.2) is 54.0 Å². The van der Waals surface area contributed by atoms with Crippen molar-refractivity contribution < 1.29 is 24.2 Å². The summed E-state index contributed by atoms with van der Waals surface area (Å²) in [4.78, 5) is 41.3. The minimum absolute atomic E-state index is 0.0284. The van der Waals surface area contributed by atoms with E-state index in [-0.39, 0.29) is 23.1 Å². The Hall–Kier alpha value is -3.52. The normalized spacial score (nSPS) is 16.7. The minimum Gasteiger partial charge on any atom is -0.504 e. The summed E-state index contributed by atoms with van der Waals surface area (Å²) in [5.41, 5.74) is 3.52. The Bertz CT molecular complexity index is 1190. The monoisotopic (exact) mass is 478 g/mol. The molecular formula is C26H26N2O5S. The van der Waals surface area contributed by atoms with Crippen LogP contribution in [-0.4, -0.2) is 51.7 Å². The summed E-state index contributed by atoms with van der Waals surface area (Å²) in [7, 11) is 0. The van der Waals surface area contributed by atoms with Crippen LogP contribution in [0.4, 0.5) is 4.79 Å². The molecule has 0 bridgehead atoms. The zero-order valence-corrected chi connectivity index (χ0v) is 19.8. The van der Waals surface area contributed by atoms with E-state index in [1.54, 1.807) is 29.2 Å². The second kappa shape index (κ2) is 10.2. The van der Waals surface area contributed by atoms with Crippen molar-refractivity contribution in [3.63, 3.8) is 0 Å². The van der Waals surface area contributed by atoms with Gasteiger partial charge in [0.15, 0.2) is 11.5 Å². The largest absolute Gasteiger partial charge is 0.504 e. The lowest BCUT2D eigenvalue weighted by atomic mass is 10.00. The number of fused-ring (bicyclic) bond motifs is 1. The third-order valence-corrected chi connectivity index (χ3v) is 6.70. The van der Waals surface area contributed by atoms with Crippen LogP contribution in [-0.2, 0) is 29.0 Å². The topological polar surface area (TPSA) is 87.2 Å². The van der Waals surface area contributed by atoms with Crippen LogP contribution < -0.4 is 4.74 Å². The van der Waals surface area contributed by atoms with E-state index in [1.165, 1.54) is 5.56 Å². The molecule has 0 atom stereocenters. The van der Waals surface area contributed by atoms with Crippen molar-refractivity contribution in [2.24, 2.45) is 0 Å². The predicted molar refractivity (Wildman–Crippen MR) is 131 cm³/mol. The number of hydrogen-bond acceptors (Lipinski definition) is 6. The molecular weight excluding hydrogens is 452 g/mol. The Morgan fingerprint density at radius 2 is 2.00 bits per heavy atom. The summed E-state index contributed by atoms with van der Waals surface area (Å²) in [6.07, 6.45) is 4.41. The molecule has 34 heavy (non-hydrogen) atoms. The van der Waals surface area contributed by atoms with Crippen molar-refractivity contribution in [1.29, 1.82) is 0 Å². The number of amides is 3. The Labute approximate surface area is 202 Å². The predicted octanol–water partition coefficient (Wildman–Crippen LogP) is 4.14. The smallest absolute Gasteiger partial charge is 0.294 e. The van der Waals surface area contributed by atoms with Gasteiger partial charge in [-0.25, -0.2) is 0 Å². The molecule has 0 saturated carbocycles. The van der Waals surface area contributed by atoms with Crippen LogP contribution in [0.5, 0.6) is 11.5 Å². The molecule has 0 unspecified atom stereocenters. The fraction of sp³-hybridized carbons (Fsp3) is 0.269. The van der Waals surface area contributed by atoms with Gasteiger partial charge < -0.3 is 14.7 Å². The number of phenols is 1. The van der Waals surface area contributed by atoms with Crippen molar-refractivity contribution in [2.45, 2.75) is 26.3 Å². The van der Waals surface area contributed by atoms with Crippen LogP contribution in [0, 0.1) is 0 Å². The van der Waals surface area contributed by atoms with E-state index in [0.29, 0.717) is 43.0 Å². The van der Waals surface area contributed by atoms with E-state index < -0.39 is 11.1 Å². The Morgan fingerprint density at radius 3 is 2.74 bits per heavy atom. The Balaban J connectivity index is 1.51. The molecule has 2 aromatic rings. The van der Waals surface area contributed by atoms with Crippen molar-refractivity contribution in [3.05, 3.63) is 76.2 Å². The lowest BCUT2D eigenvalue weighted by molar-refractivity contribution is -0.136. The number of ether oxygens (including phenoxy) is 1. The number of thioether (sulfide) groups is 1. The van der Waals surface area contributed by atoms with Crippen LogP contribution in [0.25, 0.3) is 6.08 Å². The summed E-state index contributed by atoms with van der Waals surface area (Å²) >= 11 is 0.801. The molecule has 1 fully saturated rings. The van der Waals surface area contributed by atoms with Crippen molar-refractivity contribution >= 4 is 34.9 Å². The van der Waals surface area contributed by atoms with Gasteiger partial charge in [0.25, 0.3) is 11.1 Å². The van der Waals surface area contributed by atoms with Gasteiger partial charge in [-0.2, -0.15) is 0 Å². The van der Waals surface area contributed by atoms with E-state index in [2.05, 4.69) is 12.6 Å². The van der Waals surface area contributed by atoms with Crippen LogP contribution >= 0.6 is 11.8 Å². The highest BCUT2D eigenvalue weighted by Crippen LogP contribution is 2.36. The molecule has 0 aromatic heterocycles. The van der Waals surface area contributed by atoms with E-state index in [1.807, 2.05) is 25.1 Å². The SMILES string of the molecule is C=CCc1cc(/C=C2\SC(=O)N(CC(=O)N3CCc4ccccc4C3)C2=O)cc(OCC)c1O. The van der Waals surface area contributed by atoms with E-state index >= 15 is 0 Å². The number of nitrogens with zero attached hydrogens (tertiary/aromatic N) is 2.